The van der Waals surface area contributed by atoms with Crippen LogP contribution in [0.2, 0.25) is 0 Å². The smallest absolute Gasteiger partial charge is 0.322 e. The Balaban J connectivity index is 1.74. The van der Waals surface area contributed by atoms with Gasteiger partial charge >= 0.3 is 5.97 Å². The number of carbonyl (C=O) groups is 2. The Morgan fingerprint density at radius 2 is 1.52 bits per heavy atom. The Morgan fingerprint density at radius 3 is 2.08 bits per heavy atom. The van der Waals surface area contributed by atoms with Crippen LogP contribution in [-0.4, -0.2) is 33.5 Å². The fourth-order valence-electron chi connectivity index (χ4n) is 2.29. The highest BCUT2D eigenvalue weighted by Crippen LogP contribution is 2.22. The number of carboxylic acid groups (broad SMARTS) is 1. The molecule has 124 valence electrons. The molecular weight excluding hydrogens is 318 g/mol. The maximum atomic E-state index is 11.7. The van der Waals surface area contributed by atoms with Gasteiger partial charge in [-0.3, -0.25) is 19.6 Å². The topological polar surface area (TPSA) is 92.2 Å². The lowest BCUT2D eigenvalue weighted by Crippen LogP contribution is -2.29. The predicted octanol–water partition coefficient (Wildman–Crippen LogP) is 2.63. The first-order valence-corrected chi connectivity index (χ1v) is 7.61. The molecule has 0 aliphatic heterocycles. The molecule has 0 bridgehead atoms. The van der Waals surface area contributed by atoms with Crippen molar-refractivity contribution in [2.45, 2.75) is 0 Å². The number of nitrogens with zero attached hydrogens (tertiary/aromatic N) is 2. The standard InChI is InChI=1S/C19H15N3O3/c23-18(24)12-22-19(25)17-9-7-15(11-21-17)14-6-8-16(20-10-14)13-4-2-1-3-5-13/h1-11H,12H2,(H,22,25)(H,23,24). The minimum atomic E-state index is -1.10. The molecule has 2 heterocycles. The van der Waals surface area contributed by atoms with Gasteiger partial charge in [-0.25, -0.2) is 0 Å². The second kappa shape index (κ2) is 7.35. The molecule has 3 rings (SSSR count). The summed E-state index contributed by atoms with van der Waals surface area (Å²) in [5.74, 6) is -1.62. The quantitative estimate of drug-likeness (QED) is 0.749. The number of carbonyl (C=O) groups excluding carboxylic acids is 1. The number of benzene rings is 1. The van der Waals surface area contributed by atoms with Crippen LogP contribution in [0.1, 0.15) is 10.5 Å². The molecule has 2 aromatic heterocycles. The van der Waals surface area contributed by atoms with Crippen LogP contribution in [0.15, 0.2) is 67.0 Å². The van der Waals surface area contributed by atoms with Crippen LogP contribution in [0.5, 0.6) is 0 Å². The van der Waals surface area contributed by atoms with E-state index >= 15 is 0 Å². The molecule has 0 unspecified atom stereocenters. The summed E-state index contributed by atoms with van der Waals surface area (Å²) in [6, 6.07) is 17.0. The Morgan fingerprint density at radius 1 is 0.840 bits per heavy atom. The van der Waals surface area contributed by atoms with E-state index in [-0.39, 0.29) is 5.69 Å². The molecule has 0 atom stereocenters. The van der Waals surface area contributed by atoms with Gasteiger partial charge in [0.25, 0.3) is 5.91 Å². The molecule has 0 radical (unpaired) electrons. The molecule has 0 spiro atoms. The van der Waals surface area contributed by atoms with Crippen molar-refractivity contribution in [3.05, 3.63) is 72.7 Å². The largest absolute Gasteiger partial charge is 0.480 e. The van der Waals surface area contributed by atoms with E-state index in [1.54, 1.807) is 24.5 Å². The summed E-state index contributed by atoms with van der Waals surface area (Å²) in [4.78, 5) is 30.8. The third-order valence-electron chi connectivity index (χ3n) is 3.56. The third kappa shape index (κ3) is 4.06. The van der Waals surface area contributed by atoms with E-state index in [0.717, 1.165) is 22.4 Å². The molecule has 0 aliphatic carbocycles. The van der Waals surface area contributed by atoms with Crippen LogP contribution in [0.4, 0.5) is 0 Å². The molecule has 0 aliphatic rings. The molecule has 6 nitrogen and oxygen atoms in total. The average molecular weight is 333 g/mol. The second-order valence-electron chi connectivity index (χ2n) is 5.31. The van der Waals surface area contributed by atoms with Crippen LogP contribution >= 0.6 is 0 Å². The first kappa shape index (κ1) is 16.3. The first-order chi connectivity index (χ1) is 12.1. The summed E-state index contributed by atoms with van der Waals surface area (Å²) in [6.45, 7) is -0.437. The molecule has 0 fully saturated rings. The zero-order valence-corrected chi connectivity index (χ0v) is 13.2. The van der Waals surface area contributed by atoms with Gasteiger partial charge in [0.2, 0.25) is 0 Å². The fourth-order valence-corrected chi connectivity index (χ4v) is 2.29. The van der Waals surface area contributed by atoms with Gasteiger partial charge in [0.1, 0.15) is 12.2 Å². The minimum absolute atomic E-state index is 0.166. The summed E-state index contributed by atoms with van der Waals surface area (Å²) >= 11 is 0. The number of aromatic nitrogens is 2. The number of nitrogens with one attached hydrogen (secondary N) is 1. The van der Waals surface area contributed by atoms with Crippen molar-refractivity contribution >= 4 is 11.9 Å². The highest BCUT2D eigenvalue weighted by Gasteiger charge is 2.09. The van der Waals surface area contributed by atoms with Gasteiger partial charge in [0, 0.05) is 29.1 Å². The summed E-state index contributed by atoms with van der Waals surface area (Å²) < 4.78 is 0. The van der Waals surface area contributed by atoms with E-state index in [2.05, 4.69) is 15.3 Å². The maximum Gasteiger partial charge on any atom is 0.322 e. The van der Waals surface area contributed by atoms with Crippen molar-refractivity contribution in [2.75, 3.05) is 6.54 Å². The molecule has 0 saturated heterocycles. The Kier molecular flexibility index (Phi) is 4.80. The van der Waals surface area contributed by atoms with Gasteiger partial charge in [-0.1, -0.05) is 42.5 Å². The number of aliphatic carboxylic acids is 1. The predicted molar refractivity (Wildman–Crippen MR) is 92.9 cm³/mol. The SMILES string of the molecule is O=C(O)CNC(=O)c1ccc(-c2ccc(-c3ccccc3)nc2)cn1. The van der Waals surface area contributed by atoms with Gasteiger partial charge in [0.15, 0.2) is 0 Å². The molecule has 6 heteroatoms. The second-order valence-corrected chi connectivity index (χ2v) is 5.31. The molecule has 1 aromatic carbocycles. The summed E-state index contributed by atoms with van der Waals surface area (Å²) in [5.41, 5.74) is 3.78. The molecule has 3 aromatic rings. The number of hydrogen-bond donors (Lipinski definition) is 2. The van der Waals surface area contributed by atoms with Crippen molar-refractivity contribution < 1.29 is 14.7 Å². The summed E-state index contributed by atoms with van der Waals surface area (Å²) in [7, 11) is 0. The molecule has 25 heavy (non-hydrogen) atoms. The zero-order chi connectivity index (χ0) is 17.6. The Labute approximate surface area is 144 Å². The van der Waals surface area contributed by atoms with E-state index in [4.69, 9.17) is 5.11 Å². The maximum absolute atomic E-state index is 11.7. The third-order valence-corrected chi connectivity index (χ3v) is 3.56. The first-order valence-electron chi connectivity index (χ1n) is 7.61. The minimum Gasteiger partial charge on any atom is -0.480 e. The number of carboxylic acids is 1. The van der Waals surface area contributed by atoms with E-state index < -0.39 is 18.4 Å². The Hall–Kier alpha value is -3.54. The van der Waals surface area contributed by atoms with Crippen LogP contribution in [0.3, 0.4) is 0 Å². The highest BCUT2D eigenvalue weighted by molar-refractivity contribution is 5.94. The number of amides is 1. The molecule has 1 amide bonds. The lowest BCUT2D eigenvalue weighted by atomic mass is 10.1. The van der Waals surface area contributed by atoms with Crippen molar-refractivity contribution in [2.24, 2.45) is 0 Å². The summed E-state index contributed by atoms with van der Waals surface area (Å²) in [6.07, 6.45) is 3.32. The summed E-state index contributed by atoms with van der Waals surface area (Å²) in [5, 5.41) is 10.8. The van der Waals surface area contributed by atoms with Gasteiger partial charge in [-0.2, -0.15) is 0 Å². The lowest BCUT2D eigenvalue weighted by molar-refractivity contribution is -0.135. The number of hydrogen-bond acceptors (Lipinski definition) is 4. The number of pyridine rings is 2. The molecular formula is C19H15N3O3. The van der Waals surface area contributed by atoms with E-state index in [9.17, 15) is 9.59 Å². The van der Waals surface area contributed by atoms with Crippen molar-refractivity contribution in [3.8, 4) is 22.4 Å². The van der Waals surface area contributed by atoms with E-state index in [1.807, 2.05) is 42.5 Å². The van der Waals surface area contributed by atoms with Crippen LogP contribution in [0, 0.1) is 0 Å². The normalized spacial score (nSPS) is 10.2. The van der Waals surface area contributed by atoms with Gasteiger partial charge < -0.3 is 10.4 Å². The van der Waals surface area contributed by atoms with Gasteiger partial charge in [-0.15, -0.1) is 0 Å². The molecule has 0 saturated carbocycles. The average Bonchev–Trinajstić information content (AvgIpc) is 2.67. The van der Waals surface area contributed by atoms with Gasteiger partial charge in [-0.05, 0) is 12.1 Å². The molecule has 2 N–H and O–H groups in total. The van der Waals surface area contributed by atoms with Crippen molar-refractivity contribution in [1.82, 2.24) is 15.3 Å². The Bertz CT molecular complexity index is 876. The van der Waals surface area contributed by atoms with E-state index in [0.29, 0.717) is 0 Å². The van der Waals surface area contributed by atoms with E-state index in [1.165, 1.54) is 0 Å². The zero-order valence-electron chi connectivity index (χ0n) is 13.2. The van der Waals surface area contributed by atoms with Crippen molar-refractivity contribution in [3.63, 3.8) is 0 Å². The van der Waals surface area contributed by atoms with Gasteiger partial charge in [0.05, 0.1) is 5.69 Å². The lowest BCUT2D eigenvalue weighted by Gasteiger charge is -2.05. The van der Waals surface area contributed by atoms with Crippen LogP contribution in [-0.2, 0) is 4.79 Å². The number of rotatable bonds is 5. The van der Waals surface area contributed by atoms with Crippen LogP contribution in [0.25, 0.3) is 22.4 Å². The van der Waals surface area contributed by atoms with Crippen LogP contribution < -0.4 is 5.32 Å². The highest BCUT2D eigenvalue weighted by atomic mass is 16.4. The monoisotopic (exact) mass is 333 g/mol. The fraction of sp³-hybridized carbons (Fsp3) is 0.0526. The van der Waals surface area contributed by atoms with Crippen molar-refractivity contribution in [1.29, 1.82) is 0 Å².